The molecule has 0 radical (unpaired) electrons. The Hall–Kier alpha value is -2.34. The molecule has 6 heteroatoms. The van der Waals surface area contributed by atoms with E-state index >= 15 is 0 Å². The molecule has 24 heavy (non-hydrogen) atoms. The lowest BCUT2D eigenvalue weighted by atomic mass is 9.84. The van der Waals surface area contributed by atoms with Gasteiger partial charge in [-0.05, 0) is 37.1 Å². The molecule has 2 aliphatic rings. The van der Waals surface area contributed by atoms with Gasteiger partial charge in [0.25, 0.3) is 11.5 Å². The summed E-state index contributed by atoms with van der Waals surface area (Å²) in [6.07, 6.45) is 4.31. The average Bonchev–Trinajstić information content (AvgIpc) is 3.08. The third-order valence-electron chi connectivity index (χ3n) is 5.09. The zero-order chi connectivity index (χ0) is 16.7. The van der Waals surface area contributed by atoms with E-state index in [2.05, 4.69) is 5.32 Å². The standard InChI is InChI=1S/C18H21N3O3/c1-20(9-12-4-5-24-11-12)17(22)15-2-3-16-14-6-13(7-19-8-14)10-21(16)18(15)23/h2-5,11,13-14,19H,6-10H2,1H3/t13-,14+/m0/s1. The van der Waals surface area contributed by atoms with Crippen molar-refractivity contribution in [3.63, 3.8) is 0 Å². The number of nitrogens with zero attached hydrogens (tertiary/aromatic N) is 2. The summed E-state index contributed by atoms with van der Waals surface area (Å²) in [5, 5.41) is 3.43. The van der Waals surface area contributed by atoms with Gasteiger partial charge in [-0.25, -0.2) is 0 Å². The number of hydrogen-bond donors (Lipinski definition) is 1. The van der Waals surface area contributed by atoms with E-state index in [1.807, 2.05) is 16.7 Å². The van der Waals surface area contributed by atoms with Gasteiger partial charge in [-0.1, -0.05) is 0 Å². The van der Waals surface area contributed by atoms with Gasteiger partial charge in [0.15, 0.2) is 0 Å². The maximum Gasteiger partial charge on any atom is 0.263 e. The average molecular weight is 327 g/mol. The highest BCUT2D eigenvalue weighted by atomic mass is 16.3. The number of fused-ring (bicyclic) bond motifs is 4. The molecular weight excluding hydrogens is 306 g/mol. The van der Waals surface area contributed by atoms with Crippen LogP contribution in [0.4, 0.5) is 0 Å². The predicted octanol–water partition coefficient (Wildman–Crippen LogP) is 1.42. The molecule has 0 aliphatic carbocycles. The summed E-state index contributed by atoms with van der Waals surface area (Å²) in [7, 11) is 1.71. The van der Waals surface area contributed by atoms with E-state index in [9.17, 15) is 9.59 Å². The second-order valence-corrected chi connectivity index (χ2v) is 6.84. The van der Waals surface area contributed by atoms with Crippen LogP contribution in [-0.2, 0) is 13.1 Å². The number of pyridine rings is 1. The van der Waals surface area contributed by atoms with Gasteiger partial charge < -0.3 is 19.2 Å². The van der Waals surface area contributed by atoms with Gasteiger partial charge in [0.2, 0.25) is 0 Å². The molecule has 1 saturated heterocycles. The maximum atomic E-state index is 12.9. The number of aromatic nitrogens is 1. The van der Waals surface area contributed by atoms with Crippen molar-refractivity contribution in [1.29, 1.82) is 0 Å². The highest BCUT2D eigenvalue weighted by molar-refractivity contribution is 5.93. The molecule has 2 bridgehead atoms. The molecule has 2 aromatic heterocycles. The van der Waals surface area contributed by atoms with Crippen molar-refractivity contribution in [3.8, 4) is 0 Å². The first kappa shape index (κ1) is 15.2. The first-order valence-corrected chi connectivity index (χ1v) is 8.34. The van der Waals surface area contributed by atoms with Crippen molar-refractivity contribution >= 4 is 5.91 Å². The summed E-state index contributed by atoms with van der Waals surface area (Å²) in [6, 6.07) is 5.46. The van der Waals surface area contributed by atoms with Gasteiger partial charge in [0.1, 0.15) is 5.56 Å². The molecule has 4 heterocycles. The number of furan rings is 1. The molecule has 0 spiro atoms. The van der Waals surface area contributed by atoms with Crippen LogP contribution in [0.1, 0.15) is 34.0 Å². The largest absolute Gasteiger partial charge is 0.472 e. The van der Waals surface area contributed by atoms with Crippen LogP contribution < -0.4 is 10.9 Å². The van der Waals surface area contributed by atoms with E-state index in [4.69, 9.17) is 4.42 Å². The monoisotopic (exact) mass is 327 g/mol. The Bertz CT molecular complexity index is 809. The maximum absolute atomic E-state index is 12.9. The van der Waals surface area contributed by atoms with Gasteiger partial charge in [-0.15, -0.1) is 0 Å². The molecule has 4 rings (SSSR count). The number of rotatable bonds is 3. The van der Waals surface area contributed by atoms with Crippen LogP contribution in [0.3, 0.4) is 0 Å². The molecular formula is C18H21N3O3. The zero-order valence-corrected chi connectivity index (χ0v) is 13.7. The summed E-state index contributed by atoms with van der Waals surface area (Å²) in [5.74, 6) is 0.603. The first-order chi connectivity index (χ1) is 11.6. The number of hydrogen-bond acceptors (Lipinski definition) is 4. The quantitative estimate of drug-likeness (QED) is 0.926. The zero-order valence-electron chi connectivity index (χ0n) is 13.7. The third kappa shape index (κ3) is 2.57. The van der Waals surface area contributed by atoms with Crippen molar-refractivity contribution in [2.24, 2.45) is 5.92 Å². The Labute approximate surface area is 140 Å². The molecule has 2 atom stereocenters. The fourth-order valence-electron chi connectivity index (χ4n) is 3.89. The summed E-state index contributed by atoms with van der Waals surface area (Å²) in [6.45, 7) is 2.97. The molecule has 0 aromatic carbocycles. The van der Waals surface area contributed by atoms with E-state index < -0.39 is 0 Å². The molecule has 1 amide bonds. The van der Waals surface area contributed by atoms with Crippen LogP contribution >= 0.6 is 0 Å². The fraction of sp³-hybridized carbons (Fsp3) is 0.444. The van der Waals surface area contributed by atoms with E-state index in [1.165, 1.54) is 0 Å². The van der Waals surface area contributed by atoms with Crippen molar-refractivity contribution < 1.29 is 9.21 Å². The topological polar surface area (TPSA) is 67.5 Å². The normalized spacial score (nSPS) is 22.0. The van der Waals surface area contributed by atoms with Crippen molar-refractivity contribution in [1.82, 2.24) is 14.8 Å². The lowest BCUT2D eigenvalue weighted by Gasteiger charge is -2.37. The van der Waals surface area contributed by atoms with Crippen LogP contribution in [0.25, 0.3) is 0 Å². The highest BCUT2D eigenvalue weighted by Crippen LogP contribution is 2.31. The van der Waals surface area contributed by atoms with Gasteiger partial charge in [0, 0.05) is 43.9 Å². The van der Waals surface area contributed by atoms with E-state index in [0.29, 0.717) is 24.9 Å². The summed E-state index contributed by atoms with van der Waals surface area (Å²) in [5.41, 5.74) is 2.05. The Balaban J connectivity index is 1.63. The van der Waals surface area contributed by atoms with Gasteiger partial charge in [-0.3, -0.25) is 9.59 Å². The Morgan fingerprint density at radius 3 is 3.04 bits per heavy atom. The molecule has 6 nitrogen and oxygen atoms in total. The predicted molar refractivity (Wildman–Crippen MR) is 88.9 cm³/mol. The molecule has 126 valence electrons. The Morgan fingerprint density at radius 1 is 1.38 bits per heavy atom. The van der Waals surface area contributed by atoms with Crippen molar-refractivity contribution in [3.05, 3.63) is 57.9 Å². The molecule has 0 unspecified atom stereocenters. The smallest absolute Gasteiger partial charge is 0.263 e. The lowest BCUT2D eigenvalue weighted by molar-refractivity contribution is 0.0781. The molecule has 2 aromatic rings. The minimum Gasteiger partial charge on any atom is -0.472 e. The van der Waals surface area contributed by atoms with E-state index in [1.54, 1.807) is 30.5 Å². The first-order valence-electron chi connectivity index (χ1n) is 8.34. The number of carbonyl (C=O) groups excluding carboxylic acids is 1. The van der Waals surface area contributed by atoms with E-state index in [0.717, 1.165) is 30.8 Å². The number of nitrogens with one attached hydrogen (secondary N) is 1. The van der Waals surface area contributed by atoms with Gasteiger partial charge in [-0.2, -0.15) is 0 Å². The number of carbonyl (C=O) groups is 1. The minimum atomic E-state index is -0.245. The molecule has 0 saturated carbocycles. The van der Waals surface area contributed by atoms with Crippen molar-refractivity contribution in [2.75, 3.05) is 20.1 Å². The highest BCUT2D eigenvalue weighted by Gasteiger charge is 2.32. The molecule has 1 fully saturated rings. The second-order valence-electron chi connectivity index (χ2n) is 6.84. The van der Waals surface area contributed by atoms with Crippen LogP contribution in [0.15, 0.2) is 39.9 Å². The van der Waals surface area contributed by atoms with Gasteiger partial charge >= 0.3 is 0 Å². The van der Waals surface area contributed by atoms with Crippen LogP contribution in [0, 0.1) is 5.92 Å². The molecule has 2 aliphatic heterocycles. The number of amides is 1. The van der Waals surface area contributed by atoms with Crippen LogP contribution in [0.5, 0.6) is 0 Å². The third-order valence-corrected chi connectivity index (χ3v) is 5.09. The summed E-state index contributed by atoms with van der Waals surface area (Å²) in [4.78, 5) is 27.1. The minimum absolute atomic E-state index is 0.159. The summed E-state index contributed by atoms with van der Waals surface area (Å²) >= 11 is 0. The van der Waals surface area contributed by atoms with Crippen LogP contribution in [-0.4, -0.2) is 35.5 Å². The van der Waals surface area contributed by atoms with Crippen LogP contribution in [0.2, 0.25) is 0 Å². The lowest BCUT2D eigenvalue weighted by Crippen LogP contribution is -2.46. The second kappa shape index (κ2) is 5.94. The molecule has 1 N–H and O–H groups in total. The Kier molecular flexibility index (Phi) is 3.76. The summed E-state index contributed by atoms with van der Waals surface area (Å²) < 4.78 is 6.85. The van der Waals surface area contributed by atoms with E-state index in [-0.39, 0.29) is 17.0 Å². The SMILES string of the molecule is CN(Cc1ccoc1)C(=O)c1ccc2n(c1=O)C[C@@H]1CNC[C@H]2C1. The fourth-order valence-corrected chi connectivity index (χ4v) is 3.89. The number of piperidine rings is 1. The van der Waals surface area contributed by atoms with Gasteiger partial charge in [0.05, 0.1) is 12.5 Å². The van der Waals surface area contributed by atoms with Crippen molar-refractivity contribution in [2.45, 2.75) is 25.4 Å². The Morgan fingerprint density at radius 2 is 2.25 bits per heavy atom.